The predicted octanol–water partition coefficient (Wildman–Crippen LogP) is 3.61. The van der Waals surface area contributed by atoms with Crippen molar-refractivity contribution in [2.75, 3.05) is 7.11 Å². The van der Waals surface area contributed by atoms with Crippen LogP contribution in [-0.4, -0.2) is 25.0 Å². The Morgan fingerprint density at radius 2 is 1.67 bits per heavy atom. The molecular formula is C20H23NO3. The molecule has 1 atom stereocenters. The van der Waals surface area contributed by atoms with Crippen molar-refractivity contribution in [3.63, 3.8) is 0 Å². The van der Waals surface area contributed by atoms with Crippen LogP contribution < -0.4 is 5.32 Å². The van der Waals surface area contributed by atoms with E-state index in [1.807, 2.05) is 18.2 Å². The number of amides is 1. The van der Waals surface area contributed by atoms with Gasteiger partial charge in [0.05, 0.1) is 0 Å². The van der Waals surface area contributed by atoms with Crippen molar-refractivity contribution in [3.05, 3.63) is 71.3 Å². The first-order valence-corrected chi connectivity index (χ1v) is 8.17. The summed E-state index contributed by atoms with van der Waals surface area (Å²) in [6.45, 7) is 2.15. The molecule has 2 aromatic rings. The Labute approximate surface area is 142 Å². The topological polar surface area (TPSA) is 55.4 Å². The van der Waals surface area contributed by atoms with Crippen molar-refractivity contribution < 1.29 is 14.3 Å². The number of ketones is 1. The van der Waals surface area contributed by atoms with E-state index in [2.05, 4.69) is 12.2 Å². The third-order valence-corrected chi connectivity index (χ3v) is 3.83. The first kappa shape index (κ1) is 17.9. The number of aryl methyl sites for hydroxylation is 1. The van der Waals surface area contributed by atoms with Gasteiger partial charge in [0, 0.05) is 18.2 Å². The van der Waals surface area contributed by atoms with Crippen LogP contribution in [0.5, 0.6) is 0 Å². The lowest BCUT2D eigenvalue weighted by Gasteiger charge is -2.16. The maximum atomic E-state index is 12.4. The predicted molar refractivity (Wildman–Crippen MR) is 94.1 cm³/mol. The molecule has 0 spiro atoms. The number of carbonyl (C=O) groups excluding carboxylic acids is 2. The minimum atomic E-state index is -1.00. The molecule has 0 heterocycles. The van der Waals surface area contributed by atoms with Crippen LogP contribution in [0.4, 0.5) is 0 Å². The molecule has 4 nitrogen and oxygen atoms in total. The van der Waals surface area contributed by atoms with Crippen LogP contribution in [-0.2, 0) is 11.2 Å². The fourth-order valence-electron chi connectivity index (χ4n) is 2.39. The highest BCUT2D eigenvalue weighted by Gasteiger charge is 2.22. The molecule has 1 amide bonds. The Balaban J connectivity index is 2.02. The molecule has 0 bridgehead atoms. The normalized spacial score (nSPS) is 11.8. The number of ether oxygens (including phenoxy) is 1. The van der Waals surface area contributed by atoms with E-state index in [0.717, 1.165) is 19.3 Å². The van der Waals surface area contributed by atoms with E-state index in [1.54, 1.807) is 36.4 Å². The van der Waals surface area contributed by atoms with E-state index in [-0.39, 0.29) is 11.7 Å². The minimum Gasteiger partial charge on any atom is -0.354 e. The number of benzene rings is 2. The van der Waals surface area contributed by atoms with Gasteiger partial charge in [-0.05, 0) is 30.5 Å². The van der Waals surface area contributed by atoms with Crippen molar-refractivity contribution in [3.8, 4) is 0 Å². The molecule has 0 aliphatic rings. The van der Waals surface area contributed by atoms with E-state index >= 15 is 0 Å². The molecule has 0 aromatic heterocycles. The van der Waals surface area contributed by atoms with E-state index in [1.165, 1.54) is 12.7 Å². The van der Waals surface area contributed by atoms with Crippen LogP contribution in [0.1, 0.15) is 46.0 Å². The number of nitrogens with one attached hydrogen (secondary N) is 1. The maximum absolute atomic E-state index is 12.4. The van der Waals surface area contributed by atoms with E-state index < -0.39 is 6.23 Å². The number of rotatable bonds is 8. The molecule has 2 rings (SSSR count). The number of hydrogen-bond donors (Lipinski definition) is 1. The molecule has 0 radical (unpaired) electrons. The van der Waals surface area contributed by atoms with Crippen LogP contribution in [0.15, 0.2) is 54.6 Å². The molecule has 0 saturated heterocycles. The Hall–Kier alpha value is -2.46. The monoisotopic (exact) mass is 325 g/mol. The number of unbranched alkanes of at least 4 members (excludes halogenated alkanes) is 1. The lowest BCUT2D eigenvalue weighted by molar-refractivity contribution is 0.0453. The summed E-state index contributed by atoms with van der Waals surface area (Å²) in [6.07, 6.45) is 2.27. The van der Waals surface area contributed by atoms with Gasteiger partial charge < -0.3 is 10.1 Å². The van der Waals surface area contributed by atoms with Crippen LogP contribution in [0.2, 0.25) is 0 Å². The third kappa shape index (κ3) is 4.77. The Kier molecular flexibility index (Phi) is 6.70. The van der Waals surface area contributed by atoms with Gasteiger partial charge >= 0.3 is 0 Å². The minimum absolute atomic E-state index is 0.272. The van der Waals surface area contributed by atoms with E-state index in [9.17, 15) is 9.59 Å². The van der Waals surface area contributed by atoms with Gasteiger partial charge in [0.25, 0.3) is 5.91 Å². The average Bonchev–Trinajstić information content (AvgIpc) is 2.64. The highest BCUT2D eigenvalue weighted by atomic mass is 16.5. The van der Waals surface area contributed by atoms with E-state index in [0.29, 0.717) is 11.1 Å². The summed E-state index contributed by atoms with van der Waals surface area (Å²) in [7, 11) is 1.40. The van der Waals surface area contributed by atoms with Gasteiger partial charge in [-0.3, -0.25) is 9.59 Å². The molecule has 2 aromatic carbocycles. The molecule has 0 fully saturated rings. The van der Waals surface area contributed by atoms with Crippen LogP contribution in [0.25, 0.3) is 0 Å². The third-order valence-electron chi connectivity index (χ3n) is 3.83. The fourth-order valence-corrected chi connectivity index (χ4v) is 2.39. The highest BCUT2D eigenvalue weighted by Crippen LogP contribution is 2.09. The summed E-state index contributed by atoms with van der Waals surface area (Å²) >= 11 is 0. The fraction of sp³-hybridized carbons (Fsp3) is 0.300. The summed E-state index contributed by atoms with van der Waals surface area (Å²) in [6, 6.07) is 16.2. The quantitative estimate of drug-likeness (QED) is 0.596. The Bertz CT molecular complexity index is 665. The first-order chi connectivity index (χ1) is 11.7. The van der Waals surface area contributed by atoms with Gasteiger partial charge in [-0.15, -0.1) is 0 Å². The molecule has 1 unspecified atom stereocenters. The second kappa shape index (κ2) is 8.99. The van der Waals surface area contributed by atoms with Crippen molar-refractivity contribution in [1.82, 2.24) is 5.32 Å². The zero-order chi connectivity index (χ0) is 17.4. The number of Topliss-reactive ketones (excluding diaryl/α,β-unsaturated/α-hetero) is 1. The maximum Gasteiger partial charge on any atom is 0.253 e. The smallest absolute Gasteiger partial charge is 0.253 e. The van der Waals surface area contributed by atoms with Gasteiger partial charge in [-0.25, -0.2) is 0 Å². The highest BCUT2D eigenvalue weighted by molar-refractivity contribution is 6.03. The molecule has 1 N–H and O–H groups in total. The lowest BCUT2D eigenvalue weighted by atomic mass is 10.1. The van der Waals surface area contributed by atoms with Crippen molar-refractivity contribution in [2.45, 2.75) is 32.4 Å². The van der Waals surface area contributed by atoms with Crippen molar-refractivity contribution in [2.24, 2.45) is 0 Å². The SMILES string of the molecule is CCCCc1ccc(C(=O)NC(OC)C(=O)c2ccccc2)cc1. The number of carbonyl (C=O) groups is 2. The van der Waals surface area contributed by atoms with Gasteiger partial charge in [-0.1, -0.05) is 55.8 Å². The van der Waals surface area contributed by atoms with Gasteiger partial charge in [0.2, 0.25) is 5.78 Å². The summed E-state index contributed by atoms with van der Waals surface area (Å²) in [5.74, 6) is -0.598. The molecular weight excluding hydrogens is 302 g/mol. The number of methoxy groups -OCH3 is 1. The first-order valence-electron chi connectivity index (χ1n) is 8.17. The van der Waals surface area contributed by atoms with Gasteiger partial charge in [-0.2, -0.15) is 0 Å². The molecule has 4 heteroatoms. The number of hydrogen-bond acceptors (Lipinski definition) is 3. The van der Waals surface area contributed by atoms with Crippen LogP contribution >= 0.6 is 0 Å². The summed E-state index contributed by atoms with van der Waals surface area (Å²) < 4.78 is 5.15. The summed E-state index contributed by atoms with van der Waals surface area (Å²) in [4.78, 5) is 24.7. The second-order valence-electron chi connectivity index (χ2n) is 5.62. The van der Waals surface area contributed by atoms with Crippen molar-refractivity contribution >= 4 is 11.7 Å². The largest absolute Gasteiger partial charge is 0.354 e. The van der Waals surface area contributed by atoms with Gasteiger partial charge in [0.1, 0.15) is 0 Å². The van der Waals surface area contributed by atoms with Crippen LogP contribution in [0, 0.1) is 0 Å². The Morgan fingerprint density at radius 1 is 1.00 bits per heavy atom. The zero-order valence-corrected chi connectivity index (χ0v) is 14.1. The molecule has 0 saturated carbocycles. The molecule has 126 valence electrons. The zero-order valence-electron chi connectivity index (χ0n) is 14.1. The average molecular weight is 325 g/mol. The molecule has 0 aliphatic heterocycles. The lowest BCUT2D eigenvalue weighted by Crippen LogP contribution is -2.42. The summed E-state index contributed by atoms with van der Waals surface area (Å²) in [5.41, 5.74) is 2.22. The van der Waals surface area contributed by atoms with Crippen LogP contribution in [0.3, 0.4) is 0 Å². The molecule has 0 aliphatic carbocycles. The van der Waals surface area contributed by atoms with Gasteiger partial charge in [0.15, 0.2) is 6.23 Å². The van der Waals surface area contributed by atoms with E-state index in [4.69, 9.17) is 4.74 Å². The molecule has 24 heavy (non-hydrogen) atoms. The summed E-state index contributed by atoms with van der Waals surface area (Å²) in [5, 5.41) is 2.63. The Morgan fingerprint density at radius 3 is 2.25 bits per heavy atom. The second-order valence-corrected chi connectivity index (χ2v) is 5.62. The van der Waals surface area contributed by atoms with Crippen molar-refractivity contribution in [1.29, 1.82) is 0 Å². The standard InChI is InChI=1S/C20H23NO3/c1-3-4-8-15-11-13-17(14-12-15)19(23)21-20(24-2)18(22)16-9-6-5-7-10-16/h5-7,9-14,20H,3-4,8H2,1-2H3,(H,21,23).